The summed E-state index contributed by atoms with van der Waals surface area (Å²) in [5.41, 5.74) is 0.352. The Morgan fingerprint density at radius 1 is 1.47 bits per heavy atom. The van der Waals surface area contributed by atoms with Crippen molar-refractivity contribution in [3.05, 3.63) is 34.9 Å². The monoisotopic (exact) mass is 303 g/mol. The van der Waals surface area contributed by atoms with Gasteiger partial charge in [0, 0.05) is 11.6 Å². The summed E-state index contributed by atoms with van der Waals surface area (Å²) in [5.74, 6) is 0. The lowest BCUT2D eigenvalue weighted by Gasteiger charge is -2.32. The van der Waals surface area contributed by atoms with E-state index in [4.69, 9.17) is 32.7 Å². The minimum Gasteiger partial charge on any atom is -0.430 e. The number of ether oxygens (including phenoxy) is 2. The van der Waals surface area contributed by atoms with Gasteiger partial charge in [-0.15, -0.1) is 0 Å². The Labute approximate surface area is 122 Å². The van der Waals surface area contributed by atoms with Gasteiger partial charge in [-0.1, -0.05) is 35.3 Å². The molecule has 0 N–H and O–H groups in total. The van der Waals surface area contributed by atoms with Crippen LogP contribution in [0.2, 0.25) is 5.02 Å². The minimum absolute atomic E-state index is 0.163. The van der Waals surface area contributed by atoms with Gasteiger partial charge in [-0.05, 0) is 24.6 Å². The van der Waals surface area contributed by atoms with E-state index in [-0.39, 0.29) is 6.10 Å². The molecule has 104 valence electrons. The summed E-state index contributed by atoms with van der Waals surface area (Å²) in [7, 11) is 0. The van der Waals surface area contributed by atoms with E-state index in [1.165, 1.54) is 0 Å². The number of alkyl halides is 1. The van der Waals surface area contributed by atoms with Gasteiger partial charge in [0.2, 0.25) is 0 Å². The van der Waals surface area contributed by atoms with Crippen molar-refractivity contribution in [1.29, 1.82) is 0 Å². The summed E-state index contributed by atoms with van der Waals surface area (Å²) in [6.45, 7) is 3.03. The lowest BCUT2D eigenvalue weighted by atomic mass is 10.1. The molecule has 0 spiro atoms. The number of carbonyl (C=O) groups is 1. The highest BCUT2D eigenvalue weighted by Gasteiger charge is 2.26. The van der Waals surface area contributed by atoms with E-state index < -0.39 is 11.7 Å². The summed E-state index contributed by atoms with van der Waals surface area (Å²) >= 11 is 11.5. The number of amides is 1. The molecule has 1 unspecified atom stereocenters. The fraction of sp³-hybridized carbons (Fsp3) is 0.462. The quantitative estimate of drug-likeness (QED) is 0.786. The Morgan fingerprint density at radius 3 is 2.79 bits per heavy atom. The third-order valence-corrected chi connectivity index (χ3v) is 3.17. The predicted molar refractivity (Wildman–Crippen MR) is 73.5 cm³/mol. The van der Waals surface area contributed by atoms with E-state index >= 15 is 0 Å². The molecule has 1 aliphatic heterocycles. The van der Waals surface area contributed by atoms with Crippen LogP contribution in [0.25, 0.3) is 0 Å². The van der Waals surface area contributed by atoms with E-state index in [0.29, 0.717) is 24.7 Å². The van der Waals surface area contributed by atoms with Gasteiger partial charge in [0.05, 0.1) is 13.2 Å². The minimum atomic E-state index is -0.635. The average Bonchev–Trinajstić information content (AvgIpc) is 2.39. The number of halogens is 2. The van der Waals surface area contributed by atoms with Crippen LogP contribution in [0, 0.1) is 0 Å². The normalized spacial score (nSPS) is 21.0. The zero-order valence-electron chi connectivity index (χ0n) is 10.5. The number of benzene rings is 1. The van der Waals surface area contributed by atoms with Gasteiger partial charge in [-0.3, -0.25) is 0 Å². The largest absolute Gasteiger partial charge is 0.430 e. The first kappa shape index (κ1) is 14.4. The van der Waals surface area contributed by atoms with Gasteiger partial charge in [0.25, 0.3) is 0 Å². The highest BCUT2D eigenvalue weighted by molar-refractivity contribution is 6.30. The van der Waals surface area contributed by atoms with Crippen molar-refractivity contribution in [2.24, 2.45) is 0 Å². The van der Waals surface area contributed by atoms with Gasteiger partial charge in [0.1, 0.15) is 6.10 Å². The molecule has 4 nitrogen and oxygen atoms in total. The molecule has 1 aromatic rings. The molecule has 0 saturated carbocycles. The molecule has 1 heterocycles. The summed E-state index contributed by atoms with van der Waals surface area (Å²) in [5, 5.41) is 0.673. The van der Waals surface area contributed by atoms with Gasteiger partial charge in [0.15, 0.2) is 5.56 Å². The van der Waals surface area contributed by atoms with Crippen molar-refractivity contribution in [3.8, 4) is 0 Å². The molecule has 1 amide bonds. The van der Waals surface area contributed by atoms with Crippen molar-refractivity contribution >= 4 is 29.3 Å². The predicted octanol–water partition coefficient (Wildman–Crippen LogP) is 3.43. The van der Waals surface area contributed by atoms with Crippen LogP contribution in [0.3, 0.4) is 0 Å². The molecule has 19 heavy (non-hydrogen) atoms. The Kier molecular flexibility index (Phi) is 4.91. The lowest BCUT2D eigenvalue weighted by Crippen LogP contribution is -2.43. The maximum atomic E-state index is 11.8. The molecule has 0 aliphatic carbocycles. The second-order valence-corrected chi connectivity index (χ2v) is 5.33. The maximum absolute atomic E-state index is 11.8. The maximum Gasteiger partial charge on any atom is 0.411 e. The van der Waals surface area contributed by atoms with E-state index in [9.17, 15) is 4.79 Å². The first-order valence-corrected chi connectivity index (χ1v) is 6.84. The highest BCUT2D eigenvalue weighted by Crippen LogP contribution is 2.24. The first-order valence-electron chi connectivity index (χ1n) is 6.03. The number of hydrogen-bond donors (Lipinski definition) is 0. The summed E-state index contributed by atoms with van der Waals surface area (Å²) in [6, 6.07) is 7.40. The molecule has 0 radical (unpaired) electrons. The van der Waals surface area contributed by atoms with Crippen molar-refractivity contribution < 1.29 is 14.3 Å². The second-order valence-electron chi connectivity index (χ2n) is 4.28. The SMILES string of the molecule is CC(Cl)OC(=O)N1CCO[C@H](c2ccc(Cl)cc2)C1. The Hall–Kier alpha value is -0.970. The zero-order chi connectivity index (χ0) is 13.8. The number of carbonyl (C=O) groups excluding carboxylic acids is 1. The molecule has 1 aliphatic rings. The van der Waals surface area contributed by atoms with Crippen molar-refractivity contribution in [2.75, 3.05) is 19.7 Å². The molecule has 6 heteroatoms. The summed E-state index contributed by atoms with van der Waals surface area (Å²) in [4.78, 5) is 13.4. The fourth-order valence-corrected chi connectivity index (χ4v) is 2.11. The Bertz CT molecular complexity index is 436. The molecule has 2 atom stereocenters. The number of hydrogen-bond acceptors (Lipinski definition) is 3. The third kappa shape index (κ3) is 4.00. The van der Waals surface area contributed by atoms with E-state index in [1.807, 2.05) is 12.1 Å². The van der Waals surface area contributed by atoms with Crippen LogP contribution >= 0.6 is 23.2 Å². The Balaban J connectivity index is 2.00. The van der Waals surface area contributed by atoms with Crippen LogP contribution < -0.4 is 0 Å². The lowest BCUT2D eigenvalue weighted by molar-refractivity contribution is -0.0296. The second kappa shape index (κ2) is 6.46. The van der Waals surface area contributed by atoms with Crippen molar-refractivity contribution in [3.63, 3.8) is 0 Å². The van der Waals surface area contributed by atoms with Gasteiger partial charge >= 0.3 is 6.09 Å². The summed E-state index contributed by atoms with van der Waals surface area (Å²) in [6.07, 6.45) is -0.575. The van der Waals surface area contributed by atoms with Gasteiger partial charge in [-0.25, -0.2) is 4.79 Å². The van der Waals surface area contributed by atoms with Crippen LogP contribution in [-0.2, 0) is 9.47 Å². The molecule has 1 saturated heterocycles. The fourth-order valence-electron chi connectivity index (χ4n) is 1.91. The van der Waals surface area contributed by atoms with E-state index in [2.05, 4.69) is 0 Å². The molecular formula is C13H15Cl2NO3. The van der Waals surface area contributed by atoms with Crippen molar-refractivity contribution in [2.45, 2.75) is 18.6 Å². The number of nitrogens with zero attached hydrogens (tertiary/aromatic N) is 1. The zero-order valence-corrected chi connectivity index (χ0v) is 12.0. The molecule has 0 bridgehead atoms. The van der Waals surface area contributed by atoms with Crippen LogP contribution in [-0.4, -0.2) is 36.3 Å². The molecular weight excluding hydrogens is 289 g/mol. The molecule has 1 fully saturated rings. The standard InChI is InChI=1S/C13H15Cl2NO3/c1-9(14)19-13(17)16-6-7-18-12(8-16)10-2-4-11(15)5-3-10/h2-5,9,12H,6-8H2,1H3/t9?,12-/m0/s1. The first-order chi connectivity index (χ1) is 9.06. The molecule has 1 aromatic carbocycles. The highest BCUT2D eigenvalue weighted by atomic mass is 35.5. The number of morpholine rings is 1. The van der Waals surface area contributed by atoms with Crippen LogP contribution in [0.5, 0.6) is 0 Å². The van der Waals surface area contributed by atoms with Crippen molar-refractivity contribution in [1.82, 2.24) is 4.90 Å². The van der Waals surface area contributed by atoms with Crippen LogP contribution in [0.15, 0.2) is 24.3 Å². The number of rotatable bonds is 2. The Morgan fingerprint density at radius 2 is 2.16 bits per heavy atom. The summed E-state index contributed by atoms with van der Waals surface area (Å²) < 4.78 is 10.6. The molecule has 2 rings (SSSR count). The molecule has 0 aromatic heterocycles. The van der Waals surface area contributed by atoms with Crippen LogP contribution in [0.4, 0.5) is 4.79 Å². The topological polar surface area (TPSA) is 38.8 Å². The van der Waals surface area contributed by atoms with E-state index in [0.717, 1.165) is 5.56 Å². The van der Waals surface area contributed by atoms with Crippen LogP contribution in [0.1, 0.15) is 18.6 Å². The smallest absolute Gasteiger partial charge is 0.411 e. The average molecular weight is 304 g/mol. The van der Waals surface area contributed by atoms with Gasteiger partial charge in [-0.2, -0.15) is 0 Å². The van der Waals surface area contributed by atoms with E-state index in [1.54, 1.807) is 24.0 Å². The van der Waals surface area contributed by atoms with Gasteiger partial charge < -0.3 is 14.4 Å². The third-order valence-electron chi connectivity index (χ3n) is 2.83.